The van der Waals surface area contributed by atoms with E-state index in [4.69, 9.17) is 9.47 Å². The molecule has 3 heteroatoms. The lowest BCUT2D eigenvalue weighted by Gasteiger charge is -2.31. The van der Waals surface area contributed by atoms with Crippen LogP contribution >= 0.6 is 0 Å². The molecule has 3 nitrogen and oxygen atoms in total. The van der Waals surface area contributed by atoms with Crippen molar-refractivity contribution >= 4 is 0 Å². The Morgan fingerprint density at radius 2 is 2.06 bits per heavy atom. The molecule has 1 heterocycles. The zero-order valence-electron chi connectivity index (χ0n) is 9.50. The SMILES string of the molecule is C[C@H]1O[C@H](OCc2ccccc2)CC[C@@H]1O. The summed E-state index contributed by atoms with van der Waals surface area (Å²) in [5.74, 6) is 0. The van der Waals surface area contributed by atoms with E-state index in [-0.39, 0.29) is 18.5 Å². The molecule has 88 valence electrons. The van der Waals surface area contributed by atoms with Crippen molar-refractivity contribution in [3.05, 3.63) is 35.9 Å². The maximum atomic E-state index is 9.50. The largest absolute Gasteiger partial charge is 0.390 e. The van der Waals surface area contributed by atoms with Crippen LogP contribution in [0.15, 0.2) is 30.3 Å². The van der Waals surface area contributed by atoms with E-state index in [1.807, 2.05) is 37.3 Å². The van der Waals surface area contributed by atoms with E-state index in [0.29, 0.717) is 6.61 Å². The van der Waals surface area contributed by atoms with Crippen LogP contribution in [-0.4, -0.2) is 23.6 Å². The zero-order valence-corrected chi connectivity index (χ0v) is 9.50. The minimum absolute atomic E-state index is 0.130. The molecule has 1 fully saturated rings. The Balaban J connectivity index is 1.79. The fourth-order valence-corrected chi connectivity index (χ4v) is 1.83. The Hall–Kier alpha value is -0.900. The Morgan fingerprint density at radius 1 is 1.31 bits per heavy atom. The van der Waals surface area contributed by atoms with Crippen LogP contribution < -0.4 is 0 Å². The molecule has 1 N–H and O–H groups in total. The molecule has 3 atom stereocenters. The summed E-state index contributed by atoms with van der Waals surface area (Å²) in [7, 11) is 0. The van der Waals surface area contributed by atoms with Gasteiger partial charge in [0.15, 0.2) is 6.29 Å². The van der Waals surface area contributed by atoms with Crippen molar-refractivity contribution in [1.29, 1.82) is 0 Å². The van der Waals surface area contributed by atoms with Crippen molar-refractivity contribution in [2.75, 3.05) is 0 Å². The smallest absolute Gasteiger partial charge is 0.158 e. The van der Waals surface area contributed by atoms with E-state index in [2.05, 4.69) is 0 Å². The summed E-state index contributed by atoms with van der Waals surface area (Å²) in [5, 5.41) is 9.50. The second-order valence-corrected chi connectivity index (χ2v) is 4.21. The highest BCUT2D eigenvalue weighted by Gasteiger charge is 2.26. The number of ether oxygens (including phenoxy) is 2. The maximum absolute atomic E-state index is 9.50. The van der Waals surface area contributed by atoms with E-state index in [9.17, 15) is 5.11 Å². The average Bonchev–Trinajstić information content (AvgIpc) is 2.32. The van der Waals surface area contributed by atoms with Crippen molar-refractivity contribution in [3.63, 3.8) is 0 Å². The van der Waals surface area contributed by atoms with E-state index < -0.39 is 0 Å². The van der Waals surface area contributed by atoms with Gasteiger partial charge in [-0.15, -0.1) is 0 Å². The molecule has 0 saturated carbocycles. The number of aliphatic hydroxyl groups is 1. The van der Waals surface area contributed by atoms with Gasteiger partial charge >= 0.3 is 0 Å². The van der Waals surface area contributed by atoms with Gasteiger partial charge in [0.1, 0.15) is 0 Å². The Bertz CT molecular complexity index is 312. The predicted octanol–water partition coefficient (Wildman–Crippen LogP) is 2.09. The molecule has 0 amide bonds. The second-order valence-electron chi connectivity index (χ2n) is 4.21. The van der Waals surface area contributed by atoms with Gasteiger partial charge in [-0.3, -0.25) is 0 Å². The highest BCUT2D eigenvalue weighted by molar-refractivity contribution is 5.13. The monoisotopic (exact) mass is 222 g/mol. The van der Waals surface area contributed by atoms with Crippen LogP contribution in [0.2, 0.25) is 0 Å². The first-order chi connectivity index (χ1) is 7.75. The van der Waals surface area contributed by atoms with Crippen molar-refractivity contribution in [3.8, 4) is 0 Å². The van der Waals surface area contributed by atoms with Crippen LogP contribution in [0.1, 0.15) is 25.3 Å². The van der Waals surface area contributed by atoms with Gasteiger partial charge in [-0.2, -0.15) is 0 Å². The predicted molar refractivity (Wildman–Crippen MR) is 60.8 cm³/mol. The van der Waals surface area contributed by atoms with E-state index >= 15 is 0 Å². The molecular weight excluding hydrogens is 204 g/mol. The average molecular weight is 222 g/mol. The van der Waals surface area contributed by atoms with Crippen LogP contribution in [0, 0.1) is 0 Å². The molecule has 16 heavy (non-hydrogen) atoms. The number of hydrogen-bond donors (Lipinski definition) is 1. The third kappa shape index (κ3) is 3.04. The second kappa shape index (κ2) is 5.43. The van der Waals surface area contributed by atoms with Crippen molar-refractivity contribution < 1.29 is 14.6 Å². The van der Waals surface area contributed by atoms with Gasteiger partial charge in [0, 0.05) is 6.42 Å². The molecule has 1 saturated heterocycles. The summed E-state index contributed by atoms with van der Waals surface area (Å²) < 4.78 is 11.2. The summed E-state index contributed by atoms with van der Waals surface area (Å²) in [6, 6.07) is 10.0. The maximum Gasteiger partial charge on any atom is 0.158 e. The summed E-state index contributed by atoms with van der Waals surface area (Å²) in [5.41, 5.74) is 1.14. The lowest BCUT2D eigenvalue weighted by molar-refractivity contribution is -0.221. The van der Waals surface area contributed by atoms with Gasteiger partial charge in [0.25, 0.3) is 0 Å². The van der Waals surface area contributed by atoms with Crippen molar-refractivity contribution in [2.24, 2.45) is 0 Å². The van der Waals surface area contributed by atoms with Crippen molar-refractivity contribution in [1.82, 2.24) is 0 Å². The van der Waals surface area contributed by atoms with Gasteiger partial charge in [-0.05, 0) is 18.9 Å². The zero-order chi connectivity index (χ0) is 11.4. The molecule has 1 aliphatic rings. The van der Waals surface area contributed by atoms with Crippen LogP contribution in [0.4, 0.5) is 0 Å². The molecule has 0 spiro atoms. The minimum Gasteiger partial charge on any atom is -0.390 e. The third-order valence-electron chi connectivity index (χ3n) is 2.89. The topological polar surface area (TPSA) is 38.7 Å². The van der Waals surface area contributed by atoms with Crippen molar-refractivity contribution in [2.45, 2.75) is 44.9 Å². The third-order valence-corrected chi connectivity index (χ3v) is 2.89. The Labute approximate surface area is 96.0 Å². The molecule has 0 bridgehead atoms. The molecule has 0 radical (unpaired) electrons. The standard InChI is InChI=1S/C13H18O3/c1-10-12(14)7-8-13(16-10)15-9-11-5-3-2-4-6-11/h2-6,10,12-14H,7-9H2,1H3/t10-,12+,13+/m1/s1. The lowest BCUT2D eigenvalue weighted by atomic mass is 10.1. The lowest BCUT2D eigenvalue weighted by Crippen LogP contribution is -2.37. The van der Waals surface area contributed by atoms with Crippen LogP contribution in [0.5, 0.6) is 0 Å². The van der Waals surface area contributed by atoms with Crippen LogP contribution in [-0.2, 0) is 16.1 Å². The first-order valence-corrected chi connectivity index (χ1v) is 5.75. The first-order valence-electron chi connectivity index (χ1n) is 5.75. The molecule has 0 aliphatic carbocycles. The molecule has 1 aromatic carbocycles. The normalized spacial score (nSPS) is 30.2. The highest BCUT2D eigenvalue weighted by atomic mass is 16.7. The van der Waals surface area contributed by atoms with Gasteiger partial charge in [0.05, 0.1) is 18.8 Å². The molecule has 2 rings (SSSR count). The molecule has 0 aromatic heterocycles. The quantitative estimate of drug-likeness (QED) is 0.851. The van der Waals surface area contributed by atoms with Gasteiger partial charge in [-0.1, -0.05) is 30.3 Å². The number of benzene rings is 1. The minimum atomic E-state index is -0.350. The van der Waals surface area contributed by atoms with Gasteiger partial charge in [0.2, 0.25) is 0 Å². The Kier molecular flexibility index (Phi) is 3.93. The molecule has 0 unspecified atom stereocenters. The molecule has 1 aliphatic heterocycles. The van der Waals surface area contributed by atoms with E-state index in [1.54, 1.807) is 0 Å². The fraction of sp³-hybridized carbons (Fsp3) is 0.538. The highest BCUT2D eigenvalue weighted by Crippen LogP contribution is 2.21. The number of aliphatic hydroxyl groups excluding tert-OH is 1. The van der Waals surface area contributed by atoms with Gasteiger partial charge in [-0.25, -0.2) is 0 Å². The summed E-state index contributed by atoms with van der Waals surface area (Å²) in [6.45, 7) is 2.44. The van der Waals surface area contributed by atoms with Crippen LogP contribution in [0.25, 0.3) is 0 Å². The van der Waals surface area contributed by atoms with Crippen LogP contribution in [0.3, 0.4) is 0 Å². The van der Waals surface area contributed by atoms with E-state index in [1.165, 1.54) is 0 Å². The Morgan fingerprint density at radius 3 is 2.75 bits per heavy atom. The number of hydrogen-bond acceptors (Lipinski definition) is 3. The summed E-state index contributed by atoms with van der Waals surface area (Å²) in [4.78, 5) is 0. The fourth-order valence-electron chi connectivity index (χ4n) is 1.83. The summed E-state index contributed by atoms with van der Waals surface area (Å²) >= 11 is 0. The number of rotatable bonds is 3. The first kappa shape index (κ1) is 11.6. The molecule has 1 aromatic rings. The summed E-state index contributed by atoms with van der Waals surface area (Å²) in [6.07, 6.45) is 0.851. The molecular formula is C13H18O3. The van der Waals surface area contributed by atoms with Gasteiger partial charge < -0.3 is 14.6 Å². The van der Waals surface area contributed by atoms with E-state index in [0.717, 1.165) is 18.4 Å².